The van der Waals surface area contributed by atoms with Gasteiger partial charge in [0.15, 0.2) is 11.5 Å². The summed E-state index contributed by atoms with van der Waals surface area (Å²) in [4.78, 5) is 33.2. The minimum Gasteiger partial charge on any atom is -0.486 e. The summed E-state index contributed by atoms with van der Waals surface area (Å²) in [7, 11) is 0. The molecule has 8 heteroatoms. The van der Waals surface area contributed by atoms with Crippen LogP contribution in [0.1, 0.15) is 30.6 Å². The van der Waals surface area contributed by atoms with E-state index in [0.717, 1.165) is 42.2 Å². The molecule has 4 heterocycles. The number of hydrogen-bond acceptors (Lipinski definition) is 5. The number of benzene rings is 1. The molecule has 0 radical (unpaired) electrons. The minimum atomic E-state index is -0.0919. The summed E-state index contributed by atoms with van der Waals surface area (Å²) in [6, 6.07) is 9.93. The van der Waals surface area contributed by atoms with E-state index in [0.29, 0.717) is 51.4 Å². The Morgan fingerprint density at radius 3 is 2.41 bits per heavy atom. The highest BCUT2D eigenvalue weighted by Gasteiger charge is 2.33. The van der Waals surface area contributed by atoms with Crippen LogP contribution in [-0.4, -0.2) is 61.1 Å². The molecule has 1 aromatic carbocycles. The number of urea groups is 1. The van der Waals surface area contributed by atoms with Crippen molar-refractivity contribution in [1.82, 2.24) is 9.80 Å². The molecule has 0 atom stereocenters. The number of fused-ring (bicyclic) bond motifs is 1. The third kappa shape index (κ3) is 4.41. The highest BCUT2D eigenvalue weighted by atomic mass is 32.1. The lowest BCUT2D eigenvalue weighted by Crippen LogP contribution is -2.48. The molecular formula is C24H29N3O4S. The number of hydrogen-bond donors (Lipinski definition) is 0. The number of thiophene rings is 1. The van der Waals surface area contributed by atoms with Gasteiger partial charge in [0, 0.05) is 48.7 Å². The normalized spacial score (nSPS) is 18.6. The summed E-state index contributed by atoms with van der Waals surface area (Å²) in [6.45, 7) is 4.58. The van der Waals surface area contributed by atoms with Gasteiger partial charge in [0.1, 0.15) is 13.2 Å². The largest absolute Gasteiger partial charge is 0.486 e. The Kier molecular flexibility index (Phi) is 6.21. The third-order valence-corrected chi connectivity index (χ3v) is 7.35. The van der Waals surface area contributed by atoms with Gasteiger partial charge in [0.25, 0.3) is 0 Å². The van der Waals surface area contributed by atoms with Crippen molar-refractivity contribution < 1.29 is 19.1 Å². The fraction of sp³-hybridized carbons (Fsp3) is 0.500. The predicted molar refractivity (Wildman–Crippen MR) is 123 cm³/mol. The van der Waals surface area contributed by atoms with Crippen LogP contribution in [0.15, 0.2) is 35.7 Å². The molecule has 3 aliphatic heterocycles. The lowest BCUT2D eigenvalue weighted by Gasteiger charge is -2.36. The zero-order valence-corrected chi connectivity index (χ0v) is 19.0. The number of ether oxygens (including phenoxy) is 2. The van der Waals surface area contributed by atoms with Gasteiger partial charge in [-0.3, -0.25) is 4.79 Å². The van der Waals surface area contributed by atoms with Gasteiger partial charge in [0.2, 0.25) is 5.91 Å². The molecule has 2 aromatic rings. The lowest BCUT2D eigenvalue weighted by molar-refractivity contribution is -0.123. The number of rotatable bonds is 4. The zero-order chi connectivity index (χ0) is 21.9. The van der Waals surface area contributed by atoms with Crippen LogP contribution in [-0.2, 0) is 11.3 Å². The van der Waals surface area contributed by atoms with E-state index < -0.39 is 0 Å². The molecule has 7 nitrogen and oxygen atoms in total. The fourth-order valence-electron chi connectivity index (χ4n) is 4.70. The van der Waals surface area contributed by atoms with Gasteiger partial charge < -0.3 is 24.2 Å². The first kappa shape index (κ1) is 21.1. The van der Waals surface area contributed by atoms with E-state index in [1.165, 1.54) is 0 Å². The maximum atomic E-state index is 13.7. The quantitative estimate of drug-likeness (QED) is 0.700. The Balaban J connectivity index is 1.30. The van der Waals surface area contributed by atoms with E-state index in [1.807, 2.05) is 44.3 Å². The van der Waals surface area contributed by atoms with Crippen LogP contribution in [0, 0.1) is 5.92 Å². The number of amides is 3. The summed E-state index contributed by atoms with van der Waals surface area (Å²) < 4.78 is 11.4. The van der Waals surface area contributed by atoms with Crippen molar-refractivity contribution in [3.05, 3.63) is 40.6 Å². The Hall–Kier alpha value is -2.74. The van der Waals surface area contributed by atoms with E-state index in [2.05, 4.69) is 6.07 Å². The Morgan fingerprint density at radius 2 is 1.69 bits per heavy atom. The molecular weight excluding hydrogens is 426 g/mol. The van der Waals surface area contributed by atoms with Gasteiger partial charge in [-0.05, 0) is 49.3 Å². The predicted octanol–water partition coefficient (Wildman–Crippen LogP) is 3.98. The first-order valence-electron chi connectivity index (χ1n) is 11.5. The van der Waals surface area contributed by atoms with Gasteiger partial charge >= 0.3 is 6.03 Å². The van der Waals surface area contributed by atoms with Crippen molar-refractivity contribution in [1.29, 1.82) is 0 Å². The third-order valence-electron chi connectivity index (χ3n) is 6.49. The molecule has 0 saturated carbocycles. The van der Waals surface area contributed by atoms with Crippen molar-refractivity contribution in [3.8, 4) is 11.5 Å². The lowest BCUT2D eigenvalue weighted by atomic mass is 9.95. The monoisotopic (exact) mass is 455 g/mol. The van der Waals surface area contributed by atoms with Crippen molar-refractivity contribution >= 4 is 29.0 Å². The molecule has 2 saturated heterocycles. The number of likely N-dealkylation sites (tertiary alicyclic amines) is 2. The molecule has 0 spiro atoms. The van der Waals surface area contributed by atoms with E-state index in [-0.39, 0.29) is 17.9 Å². The molecule has 0 bridgehead atoms. The average molecular weight is 456 g/mol. The molecule has 5 rings (SSSR count). The van der Waals surface area contributed by atoms with E-state index in [4.69, 9.17) is 9.47 Å². The number of carbonyl (C=O) groups is 2. The van der Waals surface area contributed by atoms with Gasteiger partial charge in [-0.25, -0.2) is 4.79 Å². The summed E-state index contributed by atoms with van der Waals surface area (Å²) in [6.07, 6.45) is 3.58. The topological polar surface area (TPSA) is 62.3 Å². The van der Waals surface area contributed by atoms with E-state index in [1.54, 1.807) is 11.3 Å². The van der Waals surface area contributed by atoms with Crippen LogP contribution in [0.3, 0.4) is 0 Å². The zero-order valence-electron chi connectivity index (χ0n) is 18.2. The SMILES string of the molecule is O=C(N1CCCC1)N1CCC(C(=O)N(Cc2cccs2)c2ccc3c(c2)OCCO3)CC1. The molecule has 0 unspecified atom stereocenters. The Morgan fingerprint density at radius 1 is 0.969 bits per heavy atom. The van der Waals surface area contributed by atoms with Crippen molar-refractivity contribution in [2.45, 2.75) is 32.2 Å². The van der Waals surface area contributed by atoms with Crippen LogP contribution < -0.4 is 14.4 Å². The Labute approximate surface area is 192 Å². The maximum absolute atomic E-state index is 13.7. The van der Waals surface area contributed by atoms with Crippen molar-refractivity contribution in [2.75, 3.05) is 44.3 Å². The Bertz CT molecular complexity index is 950. The molecule has 3 amide bonds. The molecule has 32 heavy (non-hydrogen) atoms. The van der Waals surface area contributed by atoms with E-state index >= 15 is 0 Å². The number of nitrogens with zero attached hydrogens (tertiary/aromatic N) is 3. The summed E-state index contributed by atoms with van der Waals surface area (Å²) in [5.74, 6) is 1.43. The highest BCUT2D eigenvalue weighted by Crippen LogP contribution is 2.36. The van der Waals surface area contributed by atoms with Gasteiger partial charge in [0.05, 0.1) is 6.54 Å². The molecule has 3 aliphatic rings. The standard InChI is InChI=1S/C24H29N3O4S/c28-23(18-7-11-26(12-8-18)24(29)25-9-1-2-10-25)27(17-20-4-3-15-32-20)19-5-6-21-22(16-19)31-14-13-30-21/h3-6,15-16,18H,1-2,7-14,17H2. The van der Waals surface area contributed by atoms with Gasteiger partial charge in [-0.2, -0.15) is 0 Å². The van der Waals surface area contributed by atoms with Gasteiger partial charge in [-0.15, -0.1) is 11.3 Å². The number of piperidine rings is 1. The second-order valence-electron chi connectivity index (χ2n) is 8.57. The van der Waals surface area contributed by atoms with Crippen LogP contribution in [0.4, 0.5) is 10.5 Å². The minimum absolute atomic E-state index is 0.0919. The average Bonchev–Trinajstić information content (AvgIpc) is 3.56. The van der Waals surface area contributed by atoms with Crippen LogP contribution in [0.2, 0.25) is 0 Å². The summed E-state index contributed by atoms with van der Waals surface area (Å²) in [5.41, 5.74) is 0.822. The highest BCUT2D eigenvalue weighted by molar-refractivity contribution is 7.09. The molecule has 1 aromatic heterocycles. The van der Waals surface area contributed by atoms with Crippen LogP contribution in [0.5, 0.6) is 11.5 Å². The molecule has 170 valence electrons. The molecule has 0 N–H and O–H groups in total. The van der Waals surface area contributed by atoms with Crippen LogP contribution >= 0.6 is 11.3 Å². The maximum Gasteiger partial charge on any atom is 0.319 e. The van der Waals surface area contributed by atoms with Crippen molar-refractivity contribution in [2.24, 2.45) is 5.92 Å². The first-order chi connectivity index (χ1) is 15.7. The first-order valence-corrected chi connectivity index (χ1v) is 12.3. The van der Waals surface area contributed by atoms with Gasteiger partial charge in [-0.1, -0.05) is 6.07 Å². The van der Waals surface area contributed by atoms with Crippen molar-refractivity contribution in [3.63, 3.8) is 0 Å². The smallest absolute Gasteiger partial charge is 0.319 e. The van der Waals surface area contributed by atoms with E-state index in [9.17, 15) is 9.59 Å². The van der Waals surface area contributed by atoms with Crippen LogP contribution in [0.25, 0.3) is 0 Å². The summed E-state index contributed by atoms with van der Waals surface area (Å²) in [5, 5.41) is 2.03. The summed E-state index contributed by atoms with van der Waals surface area (Å²) >= 11 is 1.65. The second kappa shape index (κ2) is 9.40. The number of anilines is 1. The molecule has 2 fully saturated rings. The second-order valence-corrected chi connectivity index (χ2v) is 9.60. The fourth-order valence-corrected chi connectivity index (χ4v) is 5.39. The molecule has 0 aliphatic carbocycles. The number of carbonyl (C=O) groups excluding carboxylic acids is 2.